The SMILES string of the molecule is COCc1ccc(OC2CCNCC2)cc1. The zero-order chi connectivity index (χ0) is 11.2. The van der Waals surface area contributed by atoms with Gasteiger partial charge in [-0.15, -0.1) is 0 Å². The Labute approximate surface area is 96.8 Å². The highest BCUT2D eigenvalue weighted by molar-refractivity contribution is 5.27. The first-order valence-electron chi connectivity index (χ1n) is 5.84. The van der Waals surface area contributed by atoms with Crippen LogP contribution in [0.3, 0.4) is 0 Å². The van der Waals surface area contributed by atoms with E-state index >= 15 is 0 Å². The predicted molar refractivity (Wildman–Crippen MR) is 63.7 cm³/mol. The molecule has 1 aromatic carbocycles. The summed E-state index contributed by atoms with van der Waals surface area (Å²) < 4.78 is 11.0. The minimum Gasteiger partial charge on any atom is -0.490 e. The van der Waals surface area contributed by atoms with E-state index in [1.54, 1.807) is 7.11 Å². The first-order valence-corrected chi connectivity index (χ1v) is 5.84. The molecule has 1 N–H and O–H groups in total. The maximum absolute atomic E-state index is 5.91. The van der Waals surface area contributed by atoms with Gasteiger partial charge in [-0.2, -0.15) is 0 Å². The van der Waals surface area contributed by atoms with Crippen molar-refractivity contribution in [3.63, 3.8) is 0 Å². The van der Waals surface area contributed by atoms with E-state index < -0.39 is 0 Å². The maximum Gasteiger partial charge on any atom is 0.119 e. The van der Waals surface area contributed by atoms with E-state index in [1.165, 1.54) is 5.56 Å². The van der Waals surface area contributed by atoms with Gasteiger partial charge in [0.2, 0.25) is 0 Å². The third kappa shape index (κ3) is 3.22. The van der Waals surface area contributed by atoms with Crippen LogP contribution in [0.2, 0.25) is 0 Å². The molecule has 0 atom stereocenters. The molecule has 0 amide bonds. The minimum atomic E-state index is 0.370. The second-order valence-corrected chi connectivity index (χ2v) is 4.14. The van der Waals surface area contributed by atoms with Gasteiger partial charge in [-0.3, -0.25) is 0 Å². The van der Waals surface area contributed by atoms with Gasteiger partial charge in [0.1, 0.15) is 11.9 Å². The lowest BCUT2D eigenvalue weighted by molar-refractivity contribution is 0.162. The molecule has 0 spiro atoms. The third-order valence-electron chi connectivity index (χ3n) is 2.82. The van der Waals surface area contributed by atoms with Gasteiger partial charge in [-0.1, -0.05) is 12.1 Å². The van der Waals surface area contributed by atoms with Crippen molar-refractivity contribution in [2.45, 2.75) is 25.6 Å². The quantitative estimate of drug-likeness (QED) is 0.843. The number of nitrogens with one attached hydrogen (secondary N) is 1. The zero-order valence-electron chi connectivity index (χ0n) is 9.74. The second-order valence-electron chi connectivity index (χ2n) is 4.14. The molecule has 0 bridgehead atoms. The van der Waals surface area contributed by atoms with Crippen molar-refractivity contribution in [1.29, 1.82) is 0 Å². The van der Waals surface area contributed by atoms with E-state index in [9.17, 15) is 0 Å². The van der Waals surface area contributed by atoms with E-state index in [0.717, 1.165) is 31.7 Å². The van der Waals surface area contributed by atoms with Gasteiger partial charge in [0.05, 0.1) is 6.61 Å². The highest BCUT2D eigenvalue weighted by Gasteiger charge is 2.13. The van der Waals surface area contributed by atoms with Crippen molar-refractivity contribution in [3.8, 4) is 5.75 Å². The van der Waals surface area contributed by atoms with Crippen molar-refractivity contribution in [1.82, 2.24) is 5.32 Å². The van der Waals surface area contributed by atoms with E-state index in [4.69, 9.17) is 9.47 Å². The Balaban J connectivity index is 1.88. The van der Waals surface area contributed by atoms with Gasteiger partial charge >= 0.3 is 0 Å². The minimum absolute atomic E-state index is 0.370. The van der Waals surface area contributed by atoms with Gasteiger partial charge in [-0.05, 0) is 43.6 Å². The topological polar surface area (TPSA) is 30.5 Å². The fourth-order valence-electron chi connectivity index (χ4n) is 1.94. The molecule has 0 unspecified atom stereocenters. The van der Waals surface area contributed by atoms with Crippen molar-refractivity contribution in [2.75, 3.05) is 20.2 Å². The molecular weight excluding hydrogens is 202 g/mol. The van der Waals surface area contributed by atoms with E-state index in [1.807, 2.05) is 12.1 Å². The predicted octanol–water partition coefficient (Wildman–Crippen LogP) is 1.96. The lowest BCUT2D eigenvalue weighted by Crippen LogP contribution is -2.34. The van der Waals surface area contributed by atoms with Crippen LogP contribution in [-0.4, -0.2) is 26.3 Å². The lowest BCUT2D eigenvalue weighted by atomic mass is 10.1. The Morgan fingerprint density at radius 1 is 1.19 bits per heavy atom. The monoisotopic (exact) mass is 221 g/mol. The number of ether oxygens (including phenoxy) is 2. The van der Waals surface area contributed by atoms with E-state index in [2.05, 4.69) is 17.4 Å². The van der Waals surface area contributed by atoms with Crippen molar-refractivity contribution < 1.29 is 9.47 Å². The first-order chi connectivity index (χ1) is 7.88. The van der Waals surface area contributed by atoms with Crippen molar-refractivity contribution in [2.24, 2.45) is 0 Å². The largest absolute Gasteiger partial charge is 0.490 e. The van der Waals surface area contributed by atoms with Gasteiger partial charge in [0, 0.05) is 7.11 Å². The number of piperidine rings is 1. The lowest BCUT2D eigenvalue weighted by Gasteiger charge is -2.23. The molecule has 88 valence electrons. The molecule has 1 aliphatic heterocycles. The third-order valence-corrected chi connectivity index (χ3v) is 2.82. The number of benzene rings is 1. The molecule has 1 heterocycles. The second kappa shape index (κ2) is 5.87. The van der Waals surface area contributed by atoms with Gasteiger partial charge in [0.15, 0.2) is 0 Å². The highest BCUT2D eigenvalue weighted by Crippen LogP contribution is 2.17. The van der Waals surface area contributed by atoms with Crippen LogP contribution in [0.4, 0.5) is 0 Å². The zero-order valence-corrected chi connectivity index (χ0v) is 9.74. The molecule has 3 nitrogen and oxygen atoms in total. The molecule has 3 heteroatoms. The number of hydrogen-bond donors (Lipinski definition) is 1. The van der Waals surface area contributed by atoms with Crippen molar-refractivity contribution in [3.05, 3.63) is 29.8 Å². The van der Waals surface area contributed by atoms with Crippen LogP contribution in [0.1, 0.15) is 18.4 Å². The Morgan fingerprint density at radius 3 is 2.50 bits per heavy atom. The Morgan fingerprint density at radius 2 is 1.88 bits per heavy atom. The van der Waals surface area contributed by atoms with E-state index in [-0.39, 0.29) is 0 Å². The molecule has 1 saturated heterocycles. The van der Waals surface area contributed by atoms with Crippen molar-refractivity contribution >= 4 is 0 Å². The molecule has 0 aliphatic carbocycles. The Hall–Kier alpha value is -1.06. The molecule has 0 radical (unpaired) electrons. The summed E-state index contributed by atoms with van der Waals surface area (Å²) >= 11 is 0. The van der Waals surface area contributed by atoms with Crippen LogP contribution in [0.5, 0.6) is 5.75 Å². The molecule has 1 fully saturated rings. The molecule has 1 aliphatic rings. The molecule has 16 heavy (non-hydrogen) atoms. The summed E-state index contributed by atoms with van der Waals surface area (Å²) in [5, 5.41) is 3.33. The number of hydrogen-bond acceptors (Lipinski definition) is 3. The normalized spacial score (nSPS) is 17.3. The van der Waals surface area contributed by atoms with Crippen LogP contribution < -0.4 is 10.1 Å². The van der Waals surface area contributed by atoms with Gasteiger partial charge < -0.3 is 14.8 Å². The van der Waals surface area contributed by atoms with Gasteiger partial charge in [-0.25, -0.2) is 0 Å². The number of methoxy groups -OCH3 is 1. The average molecular weight is 221 g/mol. The molecular formula is C13H19NO2. The fraction of sp³-hybridized carbons (Fsp3) is 0.538. The van der Waals surface area contributed by atoms with E-state index in [0.29, 0.717) is 12.7 Å². The van der Waals surface area contributed by atoms with Crippen LogP contribution >= 0.6 is 0 Å². The highest BCUT2D eigenvalue weighted by atomic mass is 16.5. The molecule has 0 aromatic heterocycles. The van der Waals surface area contributed by atoms with Crippen LogP contribution in [-0.2, 0) is 11.3 Å². The van der Waals surface area contributed by atoms with Crippen LogP contribution in [0, 0.1) is 0 Å². The summed E-state index contributed by atoms with van der Waals surface area (Å²) in [6.07, 6.45) is 2.56. The number of rotatable bonds is 4. The summed E-state index contributed by atoms with van der Waals surface area (Å²) in [6, 6.07) is 8.16. The molecule has 0 saturated carbocycles. The maximum atomic E-state index is 5.91. The average Bonchev–Trinajstić information content (AvgIpc) is 2.33. The summed E-state index contributed by atoms with van der Waals surface area (Å²) in [5.74, 6) is 0.965. The summed E-state index contributed by atoms with van der Waals surface area (Å²) in [4.78, 5) is 0. The molecule has 1 aromatic rings. The molecule has 2 rings (SSSR count). The van der Waals surface area contributed by atoms with Crippen LogP contribution in [0.25, 0.3) is 0 Å². The van der Waals surface area contributed by atoms with Gasteiger partial charge in [0.25, 0.3) is 0 Å². The fourth-order valence-corrected chi connectivity index (χ4v) is 1.94. The summed E-state index contributed by atoms with van der Waals surface area (Å²) in [5.41, 5.74) is 1.18. The Kier molecular flexibility index (Phi) is 4.19. The standard InChI is InChI=1S/C13H19NO2/c1-15-10-11-2-4-12(5-3-11)16-13-6-8-14-9-7-13/h2-5,13-14H,6-10H2,1H3. The van der Waals surface area contributed by atoms with Crippen LogP contribution in [0.15, 0.2) is 24.3 Å². The smallest absolute Gasteiger partial charge is 0.119 e. The first kappa shape index (κ1) is 11.4. The Bertz CT molecular complexity index is 304. The summed E-state index contributed by atoms with van der Waals surface area (Å²) in [7, 11) is 1.71. The summed E-state index contributed by atoms with van der Waals surface area (Å²) in [6.45, 7) is 2.78.